The van der Waals surface area contributed by atoms with E-state index in [1.54, 1.807) is 31.3 Å². The molecule has 13 nitrogen and oxygen atoms in total. The van der Waals surface area contributed by atoms with Crippen molar-refractivity contribution < 1.29 is 28.3 Å². The van der Waals surface area contributed by atoms with Crippen LogP contribution < -0.4 is 16.0 Å². The van der Waals surface area contributed by atoms with Crippen molar-refractivity contribution in [2.24, 2.45) is 13.0 Å². The lowest BCUT2D eigenvalue weighted by Gasteiger charge is -2.26. The van der Waals surface area contributed by atoms with E-state index in [2.05, 4.69) is 26.1 Å². The standard InChI is InChI=1S/C32H33N7O6/c1-19(2)18-44-31(43)39-24-17-25(30(42)36-32(3,4)20-11-7-6-8-12-20)45-26(24)27(37-39)35-28(40)21-13-9-10-14-22(21)34-29(41)23-15-16-33-38(23)5/h6-17,19H,18H2,1-5H3,(H,34,41)(H,36,42)(H,35,37,40). The first kappa shape index (κ1) is 30.7. The molecule has 5 rings (SSSR count). The minimum atomic E-state index is -0.810. The van der Waals surface area contributed by atoms with Crippen molar-refractivity contribution in [1.29, 1.82) is 0 Å². The Kier molecular flexibility index (Phi) is 8.52. The molecule has 0 fully saturated rings. The minimum absolute atomic E-state index is 0.0103. The van der Waals surface area contributed by atoms with Crippen molar-refractivity contribution in [3.8, 4) is 0 Å². The van der Waals surface area contributed by atoms with E-state index >= 15 is 0 Å². The molecule has 0 atom stereocenters. The van der Waals surface area contributed by atoms with Crippen LogP contribution in [0.5, 0.6) is 0 Å². The highest BCUT2D eigenvalue weighted by molar-refractivity contribution is 6.14. The lowest BCUT2D eigenvalue weighted by atomic mass is 9.94. The van der Waals surface area contributed by atoms with E-state index in [1.807, 2.05) is 58.0 Å². The quantitative estimate of drug-likeness (QED) is 0.206. The summed E-state index contributed by atoms with van der Waals surface area (Å²) in [5.74, 6) is -1.81. The van der Waals surface area contributed by atoms with Crippen LogP contribution in [0.15, 0.2) is 77.3 Å². The van der Waals surface area contributed by atoms with Crippen molar-refractivity contribution in [2.75, 3.05) is 17.2 Å². The van der Waals surface area contributed by atoms with Gasteiger partial charge in [-0.15, -0.1) is 5.10 Å². The number of hydrogen-bond donors (Lipinski definition) is 3. The Morgan fingerprint density at radius 1 is 0.933 bits per heavy atom. The first-order valence-corrected chi connectivity index (χ1v) is 14.2. The number of benzene rings is 2. The Balaban J connectivity index is 1.46. The fraction of sp³-hybridized carbons (Fsp3) is 0.250. The van der Waals surface area contributed by atoms with Gasteiger partial charge in [-0.3, -0.25) is 19.1 Å². The Morgan fingerprint density at radius 3 is 2.33 bits per heavy atom. The number of ether oxygens (including phenoxy) is 1. The second-order valence-corrected chi connectivity index (χ2v) is 11.3. The molecule has 3 heterocycles. The van der Waals surface area contributed by atoms with Gasteiger partial charge < -0.3 is 25.1 Å². The van der Waals surface area contributed by atoms with Gasteiger partial charge >= 0.3 is 6.09 Å². The number of anilines is 2. The van der Waals surface area contributed by atoms with Gasteiger partial charge in [-0.05, 0) is 43.5 Å². The van der Waals surface area contributed by atoms with Gasteiger partial charge in [0, 0.05) is 19.3 Å². The first-order chi connectivity index (χ1) is 21.4. The number of nitrogens with one attached hydrogen (secondary N) is 3. The molecule has 13 heteroatoms. The van der Waals surface area contributed by atoms with Gasteiger partial charge in [0.1, 0.15) is 11.2 Å². The van der Waals surface area contributed by atoms with E-state index in [1.165, 1.54) is 23.0 Å². The van der Waals surface area contributed by atoms with Crippen LogP contribution in [0.3, 0.4) is 0 Å². The molecule has 5 aromatic rings. The summed E-state index contributed by atoms with van der Waals surface area (Å²) < 4.78 is 13.6. The fourth-order valence-electron chi connectivity index (χ4n) is 4.56. The van der Waals surface area contributed by atoms with Crippen LogP contribution in [0.1, 0.15) is 64.7 Å². The van der Waals surface area contributed by atoms with Crippen LogP contribution in [-0.2, 0) is 17.3 Å². The van der Waals surface area contributed by atoms with Crippen LogP contribution >= 0.6 is 0 Å². The van der Waals surface area contributed by atoms with Crippen LogP contribution in [0.4, 0.5) is 16.3 Å². The third-order valence-corrected chi connectivity index (χ3v) is 6.92. The number of aryl methyl sites for hydroxylation is 1. The molecular weight excluding hydrogens is 578 g/mol. The maximum atomic E-state index is 13.5. The van der Waals surface area contributed by atoms with Crippen molar-refractivity contribution in [3.05, 3.63) is 95.5 Å². The number of carbonyl (C=O) groups is 4. The summed E-state index contributed by atoms with van der Waals surface area (Å²) >= 11 is 0. The predicted molar refractivity (Wildman–Crippen MR) is 166 cm³/mol. The number of rotatable bonds is 9. The molecule has 0 radical (unpaired) electrons. The molecule has 0 unspecified atom stereocenters. The summed E-state index contributed by atoms with van der Waals surface area (Å²) in [5.41, 5.74) is 0.884. The van der Waals surface area contributed by atoms with Crippen molar-refractivity contribution in [3.63, 3.8) is 0 Å². The average molecular weight is 612 g/mol. The van der Waals surface area contributed by atoms with E-state index in [0.29, 0.717) is 5.69 Å². The van der Waals surface area contributed by atoms with Crippen molar-refractivity contribution in [1.82, 2.24) is 24.9 Å². The second-order valence-electron chi connectivity index (χ2n) is 11.3. The number of carbonyl (C=O) groups excluding carboxylic acids is 4. The number of nitrogens with zero attached hydrogens (tertiary/aromatic N) is 4. The highest BCUT2D eigenvalue weighted by Gasteiger charge is 2.29. The Morgan fingerprint density at radius 2 is 1.64 bits per heavy atom. The lowest BCUT2D eigenvalue weighted by molar-refractivity contribution is 0.0884. The number of amides is 3. The SMILES string of the molecule is CC(C)COC(=O)n1nc(NC(=O)c2ccccc2NC(=O)c2ccnn2C)c2oc(C(=O)NC(C)(C)c3ccccc3)cc21. The fourth-order valence-corrected chi connectivity index (χ4v) is 4.56. The Labute approximate surface area is 258 Å². The summed E-state index contributed by atoms with van der Waals surface area (Å²) in [6.07, 6.45) is 0.678. The molecule has 0 saturated heterocycles. The van der Waals surface area contributed by atoms with Crippen molar-refractivity contribution >= 4 is 46.4 Å². The molecular formula is C32H33N7O6. The summed E-state index contributed by atoms with van der Waals surface area (Å²) in [7, 11) is 1.63. The van der Waals surface area contributed by atoms with Crippen LogP contribution in [0, 0.1) is 5.92 Å². The van der Waals surface area contributed by atoms with Gasteiger partial charge in [0.15, 0.2) is 17.2 Å². The maximum Gasteiger partial charge on any atom is 0.435 e. The zero-order chi connectivity index (χ0) is 32.3. The number of para-hydroxylation sites is 1. The first-order valence-electron chi connectivity index (χ1n) is 14.2. The van der Waals surface area contributed by atoms with Gasteiger partial charge in [-0.2, -0.15) is 9.78 Å². The molecule has 3 amide bonds. The molecule has 3 aromatic heterocycles. The van der Waals surface area contributed by atoms with Gasteiger partial charge in [0.2, 0.25) is 0 Å². The van der Waals surface area contributed by atoms with Gasteiger partial charge in [0.25, 0.3) is 17.7 Å². The minimum Gasteiger partial charge on any atom is -0.448 e. The number of fused-ring (bicyclic) bond motifs is 1. The Bertz CT molecular complexity index is 1880. The van der Waals surface area contributed by atoms with Gasteiger partial charge in [0.05, 0.1) is 23.4 Å². The highest BCUT2D eigenvalue weighted by atomic mass is 16.6. The lowest BCUT2D eigenvalue weighted by Crippen LogP contribution is -2.40. The molecule has 0 aliphatic heterocycles. The highest BCUT2D eigenvalue weighted by Crippen LogP contribution is 2.29. The van der Waals surface area contributed by atoms with E-state index < -0.39 is 29.4 Å². The third kappa shape index (κ3) is 6.61. The average Bonchev–Trinajstić information content (AvgIpc) is 3.72. The van der Waals surface area contributed by atoms with E-state index in [-0.39, 0.29) is 46.5 Å². The molecule has 232 valence electrons. The third-order valence-electron chi connectivity index (χ3n) is 6.92. The molecule has 2 aromatic carbocycles. The number of furan rings is 1. The van der Waals surface area contributed by atoms with E-state index in [0.717, 1.165) is 10.2 Å². The summed E-state index contributed by atoms with van der Waals surface area (Å²) in [6, 6.07) is 18.7. The zero-order valence-electron chi connectivity index (χ0n) is 25.5. The molecule has 0 spiro atoms. The number of aromatic nitrogens is 4. The molecule has 3 N–H and O–H groups in total. The van der Waals surface area contributed by atoms with E-state index in [9.17, 15) is 19.2 Å². The zero-order valence-corrected chi connectivity index (χ0v) is 25.5. The smallest absolute Gasteiger partial charge is 0.435 e. The van der Waals surface area contributed by atoms with Crippen LogP contribution in [0.25, 0.3) is 11.1 Å². The van der Waals surface area contributed by atoms with Crippen LogP contribution in [-0.4, -0.2) is 50.0 Å². The summed E-state index contributed by atoms with van der Waals surface area (Å²) in [6.45, 7) is 7.60. The molecule has 0 aliphatic rings. The maximum absolute atomic E-state index is 13.5. The Hall–Kier alpha value is -5.72. The van der Waals surface area contributed by atoms with E-state index in [4.69, 9.17) is 9.15 Å². The molecule has 0 aliphatic carbocycles. The summed E-state index contributed by atoms with van der Waals surface area (Å²) in [5, 5.41) is 16.6. The van der Waals surface area contributed by atoms with Gasteiger partial charge in [-0.25, -0.2) is 4.79 Å². The molecule has 0 saturated carbocycles. The predicted octanol–water partition coefficient (Wildman–Crippen LogP) is 5.17. The molecule has 45 heavy (non-hydrogen) atoms. The second kappa shape index (κ2) is 12.5. The largest absolute Gasteiger partial charge is 0.448 e. The molecule has 0 bridgehead atoms. The van der Waals surface area contributed by atoms with Crippen LogP contribution in [0.2, 0.25) is 0 Å². The monoisotopic (exact) mass is 611 g/mol. The topological polar surface area (TPSA) is 162 Å². The number of hydrogen-bond acceptors (Lipinski definition) is 8. The summed E-state index contributed by atoms with van der Waals surface area (Å²) in [4.78, 5) is 52.7. The van der Waals surface area contributed by atoms with Crippen molar-refractivity contribution in [2.45, 2.75) is 33.2 Å². The normalized spacial score (nSPS) is 11.4. The van der Waals surface area contributed by atoms with Gasteiger partial charge in [-0.1, -0.05) is 56.3 Å².